The molecule has 3 rings (SSSR count). The second-order valence-electron chi connectivity index (χ2n) is 6.01. The van der Waals surface area contributed by atoms with Crippen LogP contribution in [0.15, 0.2) is 84.9 Å². The minimum Gasteiger partial charge on any atom is -0.494 e. The molecule has 0 aliphatic carbocycles. The Balaban J connectivity index is 1.64. The topological polar surface area (TPSA) is 47.6 Å². The molecule has 0 saturated heterocycles. The van der Waals surface area contributed by atoms with Gasteiger partial charge in [0.1, 0.15) is 11.5 Å². The van der Waals surface area contributed by atoms with E-state index in [1.165, 1.54) is 0 Å². The minimum absolute atomic E-state index is 0.0514. The van der Waals surface area contributed by atoms with E-state index in [9.17, 15) is 4.79 Å². The zero-order chi connectivity index (χ0) is 18.9. The zero-order valence-electron chi connectivity index (χ0n) is 15.3. The van der Waals surface area contributed by atoms with Crippen LogP contribution in [0.5, 0.6) is 11.5 Å². The summed E-state index contributed by atoms with van der Waals surface area (Å²) in [5.41, 5.74) is 2.05. The first kappa shape index (κ1) is 18.5. The van der Waals surface area contributed by atoms with E-state index in [0.29, 0.717) is 12.4 Å². The molecule has 0 saturated carbocycles. The van der Waals surface area contributed by atoms with Crippen LogP contribution in [0.25, 0.3) is 0 Å². The number of carbonyl (C=O) groups excluding carboxylic acids is 1. The molecule has 4 nitrogen and oxygen atoms in total. The van der Waals surface area contributed by atoms with Crippen molar-refractivity contribution in [1.82, 2.24) is 5.32 Å². The maximum atomic E-state index is 12.5. The second kappa shape index (κ2) is 9.43. The summed E-state index contributed by atoms with van der Waals surface area (Å²) in [6, 6.07) is 26.8. The van der Waals surface area contributed by atoms with E-state index in [1.54, 1.807) is 12.1 Å². The van der Waals surface area contributed by atoms with Crippen LogP contribution in [0.4, 0.5) is 0 Å². The summed E-state index contributed by atoms with van der Waals surface area (Å²) in [6.45, 7) is 2.50. The molecule has 1 N–H and O–H groups in total. The van der Waals surface area contributed by atoms with E-state index in [2.05, 4.69) is 5.32 Å². The van der Waals surface area contributed by atoms with Gasteiger partial charge in [0.05, 0.1) is 12.6 Å². The maximum absolute atomic E-state index is 12.5. The molecule has 27 heavy (non-hydrogen) atoms. The lowest BCUT2D eigenvalue weighted by Crippen LogP contribution is -2.33. The lowest BCUT2D eigenvalue weighted by molar-refractivity contribution is -0.123. The van der Waals surface area contributed by atoms with Crippen molar-refractivity contribution in [2.45, 2.75) is 13.0 Å². The monoisotopic (exact) mass is 361 g/mol. The highest BCUT2D eigenvalue weighted by atomic mass is 16.5. The summed E-state index contributed by atoms with van der Waals surface area (Å²) in [5.74, 6) is 1.23. The number of rotatable bonds is 8. The molecule has 0 unspecified atom stereocenters. The van der Waals surface area contributed by atoms with E-state index in [0.717, 1.165) is 16.9 Å². The van der Waals surface area contributed by atoms with Gasteiger partial charge in [0, 0.05) is 0 Å². The van der Waals surface area contributed by atoms with Gasteiger partial charge in [0.15, 0.2) is 6.61 Å². The van der Waals surface area contributed by atoms with Crippen LogP contribution in [0, 0.1) is 0 Å². The van der Waals surface area contributed by atoms with E-state index in [1.807, 2.05) is 79.7 Å². The van der Waals surface area contributed by atoms with Crippen LogP contribution < -0.4 is 14.8 Å². The quantitative estimate of drug-likeness (QED) is 0.648. The molecule has 0 radical (unpaired) electrons. The number of nitrogens with one attached hydrogen (secondary N) is 1. The van der Waals surface area contributed by atoms with Crippen molar-refractivity contribution in [3.63, 3.8) is 0 Å². The Kier molecular flexibility index (Phi) is 6.47. The largest absolute Gasteiger partial charge is 0.494 e. The smallest absolute Gasteiger partial charge is 0.258 e. The third-order valence-corrected chi connectivity index (χ3v) is 4.08. The highest BCUT2D eigenvalue weighted by Gasteiger charge is 2.16. The van der Waals surface area contributed by atoms with Crippen molar-refractivity contribution >= 4 is 5.91 Å². The predicted octanol–water partition coefficient (Wildman–Crippen LogP) is 4.37. The molecular weight excluding hydrogens is 338 g/mol. The van der Waals surface area contributed by atoms with Gasteiger partial charge in [-0.25, -0.2) is 0 Å². The first-order valence-corrected chi connectivity index (χ1v) is 9.01. The van der Waals surface area contributed by atoms with Gasteiger partial charge in [-0.05, 0) is 42.3 Å². The van der Waals surface area contributed by atoms with Crippen molar-refractivity contribution in [1.29, 1.82) is 0 Å². The molecule has 0 aliphatic rings. The van der Waals surface area contributed by atoms with Crippen molar-refractivity contribution in [2.75, 3.05) is 13.2 Å². The predicted molar refractivity (Wildman–Crippen MR) is 106 cm³/mol. The molecule has 1 amide bonds. The average Bonchev–Trinajstić information content (AvgIpc) is 2.73. The Hall–Kier alpha value is -3.27. The SMILES string of the molecule is CCOc1ccc(OCC(=O)NC(c2ccccc2)c2ccccc2)cc1. The summed E-state index contributed by atoms with van der Waals surface area (Å²) >= 11 is 0. The molecule has 3 aromatic carbocycles. The maximum Gasteiger partial charge on any atom is 0.258 e. The van der Waals surface area contributed by atoms with Gasteiger partial charge in [-0.3, -0.25) is 4.79 Å². The van der Waals surface area contributed by atoms with Crippen LogP contribution in [0.2, 0.25) is 0 Å². The van der Waals surface area contributed by atoms with Crippen LogP contribution >= 0.6 is 0 Å². The van der Waals surface area contributed by atoms with Gasteiger partial charge in [-0.15, -0.1) is 0 Å². The molecule has 0 fully saturated rings. The molecular formula is C23H23NO3. The fourth-order valence-electron chi connectivity index (χ4n) is 2.80. The fourth-order valence-corrected chi connectivity index (χ4v) is 2.80. The standard InChI is InChI=1S/C23H23NO3/c1-2-26-20-13-15-21(16-14-20)27-17-22(25)24-23(18-9-5-3-6-10-18)19-11-7-4-8-12-19/h3-16,23H,2,17H2,1H3,(H,24,25). The van der Waals surface area contributed by atoms with Crippen molar-refractivity contribution in [3.8, 4) is 11.5 Å². The zero-order valence-corrected chi connectivity index (χ0v) is 15.3. The van der Waals surface area contributed by atoms with Crippen LogP contribution in [0.3, 0.4) is 0 Å². The number of hydrogen-bond donors (Lipinski definition) is 1. The Morgan fingerprint density at radius 1 is 0.778 bits per heavy atom. The molecule has 0 aromatic heterocycles. The molecule has 4 heteroatoms. The average molecular weight is 361 g/mol. The highest BCUT2D eigenvalue weighted by Crippen LogP contribution is 2.22. The summed E-state index contributed by atoms with van der Waals surface area (Å²) < 4.78 is 11.0. The van der Waals surface area contributed by atoms with E-state index < -0.39 is 0 Å². The van der Waals surface area contributed by atoms with Crippen LogP contribution in [-0.4, -0.2) is 19.1 Å². The van der Waals surface area contributed by atoms with Crippen molar-refractivity contribution in [3.05, 3.63) is 96.1 Å². The number of benzene rings is 3. The number of carbonyl (C=O) groups is 1. The normalized spacial score (nSPS) is 10.4. The molecule has 0 aliphatic heterocycles. The van der Waals surface area contributed by atoms with Crippen molar-refractivity contribution < 1.29 is 14.3 Å². The summed E-state index contributed by atoms with van der Waals surface area (Å²) in [4.78, 5) is 12.5. The molecule has 0 bridgehead atoms. The van der Waals surface area contributed by atoms with Crippen LogP contribution in [0.1, 0.15) is 24.1 Å². The highest BCUT2D eigenvalue weighted by molar-refractivity contribution is 5.78. The number of amides is 1. The first-order chi connectivity index (χ1) is 13.3. The molecule has 0 atom stereocenters. The van der Waals surface area contributed by atoms with E-state index in [4.69, 9.17) is 9.47 Å². The first-order valence-electron chi connectivity index (χ1n) is 9.01. The third-order valence-electron chi connectivity index (χ3n) is 4.08. The molecule has 0 heterocycles. The van der Waals surface area contributed by atoms with Gasteiger partial charge in [-0.2, -0.15) is 0 Å². The fraction of sp³-hybridized carbons (Fsp3) is 0.174. The Morgan fingerprint density at radius 3 is 1.74 bits per heavy atom. The Bertz CT molecular complexity index is 793. The van der Waals surface area contributed by atoms with Gasteiger partial charge in [0.25, 0.3) is 5.91 Å². The molecule has 0 spiro atoms. The van der Waals surface area contributed by atoms with E-state index >= 15 is 0 Å². The van der Waals surface area contributed by atoms with Gasteiger partial charge < -0.3 is 14.8 Å². The van der Waals surface area contributed by atoms with E-state index in [-0.39, 0.29) is 18.6 Å². The lowest BCUT2D eigenvalue weighted by Gasteiger charge is -2.20. The van der Waals surface area contributed by atoms with Gasteiger partial charge >= 0.3 is 0 Å². The molecule has 3 aromatic rings. The molecule has 138 valence electrons. The summed E-state index contributed by atoms with van der Waals surface area (Å²) in [7, 11) is 0. The van der Waals surface area contributed by atoms with Gasteiger partial charge in [-0.1, -0.05) is 60.7 Å². The third kappa shape index (κ3) is 5.35. The van der Waals surface area contributed by atoms with Gasteiger partial charge in [0.2, 0.25) is 0 Å². The Labute approximate surface area is 159 Å². The summed E-state index contributed by atoms with van der Waals surface area (Å²) in [6.07, 6.45) is 0. The Morgan fingerprint density at radius 2 is 1.26 bits per heavy atom. The number of hydrogen-bond acceptors (Lipinski definition) is 3. The minimum atomic E-state index is -0.219. The second-order valence-corrected chi connectivity index (χ2v) is 6.01. The van der Waals surface area contributed by atoms with Crippen LogP contribution in [-0.2, 0) is 4.79 Å². The van der Waals surface area contributed by atoms with Crippen molar-refractivity contribution in [2.24, 2.45) is 0 Å². The summed E-state index contributed by atoms with van der Waals surface area (Å²) in [5, 5.41) is 3.06. The lowest BCUT2D eigenvalue weighted by atomic mass is 9.99. The number of ether oxygens (including phenoxy) is 2.